The summed E-state index contributed by atoms with van der Waals surface area (Å²) in [5, 5.41) is 9.95. The molecule has 0 saturated carbocycles. The summed E-state index contributed by atoms with van der Waals surface area (Å²) in [5.74, 6) is 0.154. The van der Waals surface area contributed by atoms with Crippen LogP contribution in [0.15, 0.2) is 24.3 Å². The highest BCUT2D eigenvalue weighted by Gasteiger charge is 2.56. The molecule has 3 saturated heterocycles. The lowest BCUT2D eigenvalue weighted by Crippen LogP contribution is -2.42. The van der Waals surface area contributed by atoms with E-state index in [1.807, 2.05) is 12.1 Å². The molecule has 0 radical (unpaired) electrons. The Labute approximate surface area is 150 Å². The lowest BCUT2D eigenvalue weighted by molar-refractivity contribution is 0.0557. The van der Waals surface area contributed by atoms with Crippen LogP contribution in [0.5, 0.6) is 0 Å². The van der Waals surface area contributed by atoms with E-state index in [-0.39, 0.29) is 24.0 Å². The van der Waals surface area contributed by atoms with Crippen LogP contribution in [0.25, 0.3) is 0 Å². The Morgan fingerprint density at radius 2 is 1.88 bits per heavy atom. The minimum absolute atomic E-state index is 0.0771. The fourth-order valence-electron chi connectivity index (χ4n) is 5.37. The maximum absolute atomic E-state index is 13.1. The zero-order valence-corrected chi connectivity index (χ0v) is 15.3. The molecule has 1 N–H and O–H groups in total. The van der Waals surface area contributed by atoms with Crippen molar-refractivity contribution in [3.63, 3.8) is 0 Å². The van der Waals surface area contributed by atoms with Gasteiger partial charge in [-0.3, -0.25) is 4.79 Å². The van der Waals surface area contributed by atoms with E-state index < -0.39 is 0 Å². The molecule has 2 bridgehead atoms. The number of carbonyl (C=O) groups is 1. The first-order valence-electron chi connectivity index (χ1n) is 9.97. The lowest BCUT2D eigenvalue weighted by atomic mass is 9.72. The van der Waals surface area contributed by atoms with Crippen molar-refractivity contribution in [2.45, 2.75) is 64.0 Å². The Bertz CT molecular complexity index is 617. The molecule has 25 heavy (non-hydrogen) atoms. The first kappa shape index (κ1) is 16.9. The lowest BCUT2D eigenvalue weighted by Gasteiger charge is -2.34. The van der Waals surface area contributed by atoms with Crippen LogP contribution >= 0.6 is 0 Å². The number of hydrogen-bond donors (Lipinski definition) is 1. The van der Waals surface area contributed by atoms with E-state index in [9.17, 15) is 9.90 Å². The fraction of sp³-hybridized carbons (Fsp3) is 0.667. The summed E-state index contributed by atoms with van der Waals surface area (Å²) in [6.07, 6.45) is 7.89. The van der Waals surface area contributed by atoms with Crippen molar-refractivity contribution in [1.29, 1.82) is 0 Å². The number of aliphatic hydroxyl groups excluding tert-OH is 1. The molecule has 0 spiro atoms. The van der Waals surface area contributed by atoms with Crippen LogP contribution in [0.1, 0.15) is 62.2 Å². The number of carbonyl (C=O) groups excluding carboxylic acids is 1. The normalized spacial score (nSPS) is 31.6. The SMILES string of the molecule is CC[C@@]1(CO)C[C@@H]2CC[C@H]1N2C(=O)c1ccc(N2CCCCC2)cc1. The van der Waals surface area contributed by atoms with Crippen molar-refractivity contribution in [2.75, 3.05) is 24.6 Å². The number of anilines is 1. The third-order valence-electron chi connectivity index (χ3n) is 6.94. The number of hydrogen-bond acceptors (Lipinski definition) is 3. The van der Waals surface area contributed by atoms with Crippen LogP contribution in [-0.2, 0) is 0 Å². The predicted molar refractivity (Wildman–Crippen MR) is 99.9 cm³/mol. The van der Waals surface area contributed by atoms with Crippen molar-refractivity contribution in [3.8, 4) is 0 Å². The van der Waals surface area contributed by atoms with Crippen LogP contribution < -0.4 is 4.90 Å². The molecular weight excluding hydrogens is 312 g/mol. The molecule has 3 aliphatic heterocycles. The molecule has 3 heterocycles. The molecule has 4 nitrogen and oxygen atoms in total. The highest BCUT2D eigenvalue weighted by atomic mass is 16.3. The van der Waals surface area contributed by atoms with Gasteiger partial charge in [0, 0.05) is 41.8 Å². The Balaban J connectivity index is 1.51. The average Bonchev–Trinajstić information content (AvgIpc) is 3.24. The summed E-state index contributed by atoms with van der Waals surface area (Å²) < 4.78 is 0. The molecule has 3 fully saturated rings. The van der Waals surface area contributed by atoms with Gasteiger partial charge >= 0.3 is 0 Å². The van der Waals surface area contributed by atoms with Crippen LogP contribution in [0.2, 0.25) is 0 Å². The zero-order valence-electron chi connectivity index (χ0n) is 15.3. The second kappa shape index (κ2) is 6.64. The van der Waals surface area contributed by atoms with E-state index in [2.05, 4.69) is 28.9 Å². The molecule has 3 atom stereocenters. The van der Waals surface area contributed by atoms with Crippen LogP contribution in [0, 0.1) is 5.41 Å². The Morgan fingerprint density at radius 3 is 2.48 bits per heavy atom. The van der Waals surface area contributed by atoms with Gasteiger partial charge in [0.25, 0.3) is 5.91 Å². The first-order chi connectivity index (χ1) is 12.2. The molecule has 0 unspecified atom stereocenters. The molecule has 1 aromatic rings. The highest BCUT2D eigenvalue weighted by Crippen LogP contribution is 2.51. The van der Waals surface area contributed by atoms with Crippen molar-refractivity contribution in [2.24, 2.45) is 5.41 Å². The Morgan fingerprint density at radius 1 is 1.16 bits per heavy atom. The van der Waals surface area contributed by atoms with E-state index >= 15 is 0 Å². The molecule has 0 aliphatic carbocycles. The summed E-state index contributed by atoms with van der Waals surface area (Å²) in [4.78, 5) is 17.7. The number of piperidine rings is 1. The van der Waals surface area contributed by atoms with Gasteiger partial charge in [-0.1, -0.05) is 6.92 Å². The molecule has 4 heteroatoms. The van der Waals surface area contributed by atoms with Gasteiger partial charge in [0.15, 0.2) is 0 Å². The van der Waals surface area contributed by atoms with Crippen LogP contribution in [0.3, 0.4) is 0 Å². The van der Waals surface area contributed by atoms with E-state index in [0.29, 0.717) is 6.04 Å². The van der Waals surface area contributed by atoms with Gasteiger partial charge in [0.2, 0.25) is 0 Å². The average molecular weight is 342 g/mol. The smallest absolute Gasteiger partial charge is 0.254 e. The number of amides is 1. The molecular formula is C21H30N2O2. The van der Waals surface area contributed by atoms with Crippen molar-refractivity contribution in [1.82, 2.24) is 4.90 Å². The molecule has 136 valence electrons. The van der Waals surface area contributed by atoms with Gasteiger partial charge in [-0.25, -0.2) is 0 Å². The summed E-state index contributed by atoms with van der Waals surface area (Å²) in [5.41, 5.74) is 1.95. The topological polar surface area (TPSA) is 43.8 Å². The number of benzene rings is 1. The summed E-state index contributed by atoms with van der Waals surface area (Å²) in [6.45, 7) is 4.59. The van der Waals surface area contributed by atoms with Gasteiger partial charge in [-0.2, -0.15) is 0 Å². The van der Waals surface area contributed by atoms with E-state index in [1.165, 1.54) is 24.9 Å². The Kier molecular flexibility index (Phi) is 4.48. The van der Waals surface area contributed by atoms with Gasteiger partial charge in [-0.15, -0.1) is 0 Å². The standard InChI is InChI=1S/C21H30N2O2/c1-2-21(15-24)14-18-10-11-19(21)23(18)20(25)16-6-8-17(9-7-16)22-12-4-3-5-13-22/h6-9,18-19,24H,2-5,10-15H2,1H3/t18-,19+,21-/m0/s1. The van der Waals surface area contributed by atoms with E-state index in [1.54, 1.807) is 0 Å². The number of nitrogens with zero attached hydrogens (tertiary/aromatic N) is 2. The predicted octanol–water partition coefficient (Wildman–Crippen LogP) is 3.44. The maximum Gasteiger partial charge on any atom is 0.254 e. The van der Waals surface area contributed by atoms with Gasteiger partial charge in [0.1, 0.15) is 0 Å². The third-order valence-corrected chi connectivity index (χ3v) is 6.94. The van der Waals surface area contributed by atoms with Crippen molar-refractivity contribution in [3.05, 3.63) is 29.8 Å². The molecule has 3 aliphatic rings. The second-order valence-electron chi connectivity index (χ2n) is 8.13. The molecule has 1 aromatic carbocycles. The van der Waals surface area contributed by atoms with Crippen molar-refractivity contribution < 1.29 is 9.90 Å². The summed E-state index contributed by atoms with van der Waals surface area (Å²) in [6, 6.07) is 8.73. The third kappa shape index (κ3) is 2.75. The van der Waals surface area contributed by atoms with Gasteiger partial charge in [0.05, 0.1) is 6.61 Å². The van der Waals surface area contributed by atoms with Crippen molar-refractivity contribution >= 4 is 11.6 Å². The van der Waals surface area contributed by atoms with E-state index in [4.69, 9.17) is 0 Å². The first-order valence-corrected chi connectivity index (χ1v) is 9.97. The highest BCUT2D eigenvalue weighted by molar-refractivity contribution is 5.95. The summed E-state index contributed by atoms with van der Waals surface area (Å²) in [7, 11) is 0. The van der Waals surface area contributed by atoms with E-state index in [0.717, 1.165) is 44.3 Å². The van der Waals surface area contributed by atoms with Gasteiger partial charge < -0.3 is 14.9 Å². The largest absolute Gasteiger partial charge is 0.396 e. The molecule has 0 aromatic heterocycles. The molecule has 1 amide bonds. The second-order valence-corrected chi connectivity index (χ2v) is 8.13. The van der Waals surface area contributed by atoms with Crippen LogP contribution in [0.4, 0.5) is 5.69 Å². The Hall–Kier alpha value is -1.55. The monoisotopic (exact) mass is 342 g/mol. The zero-order chi connectivity index (χ0) is 17.4. The quantitative estimate of drug-likeness (QED) is 0.911. The number of rotatable bonds is 4. The number of aliphatic hydroxyl groups is 1. The van der Waals surface area contributed by atoms with Gasteiger partial charge in [-0.05, 0) is 69.2 Å². The minimum Gasteiger partial charge on any atom is -0.396 e. The number of fused-ring (bicyclic) bond motifs is 2. The van der Waals surface area contributed by atoms with Crippen LogP contribution in [-0.4, -0.2) is 47.7 Å². The fourth-order valence-corrected chi connectivity index (χ4v) is 5.37. The maximum atomic E-state index is 13.1. The minimum atomic E-state index is -0.0771. The summed E-state index contributed by atoms with van der Waals surface area (Å²) >= 11 is 0. The molecule has 4 rings (SSSR count).